The highest BCUT2D eigenvalue weighted by Gasteiger charge is 2.62. The molecule has 2 rings (SSSR count). The molecule has 2 atom stereocenters. The molecular weight excluding hydrogens is 364 g/mol. The number of esters is 2. The number of benzene rings is 1. The van der Waals surface area contributed by atoms with Crippen molar-refractivity contribution in [3.8, 4) is 0 Å². The van der Waals surface area contributed by atoms with Gasteiger partial charge in [0.15, 0.2) is 5.78 Å². The monoisotopic (exact) mass is 382 g/mol. The fraction of sp³-hybridized carbons (Fsp3) is 0.471. The number of carbonyl (C=O) groups is 3. The maximum atomic E-state index is 12.9. The van der Waals surface area contributed by atoms with Crippen LogP contribution < -0.4 is 0 Å². The Morgan fingerprint density at radius 1 is 1.22 bits per heavy atom. The zero-order chi connectivity index (χ0) is 17.4. The van der Waals surface area contributed by atoms with Gasteiger partial charge in [-0.2, -0.15) is 0 Å². The summed E-state index contributed by atoms with van der Waals surface area (Å²) in [5.74, 6) is -2.22. The first-order valence-electron chi connectivity index (χ1n) is 7.34. The summed E-state index contributed by atoms with van der Waals surface area (Å²) in [4.78, 5) is 37.5. The molecule has 1 fully saturated rings. The van der Waals surface area contributed by atoms with Crippen LogP contribution in [0.25, 0.3) is 0 Å². The summed E-state index contributed by atoms with van der Waals surface area (Å²) in [5.41, 5.74) is -2.28. The Morgan fingerprint density at radius 3 is 2.30 bits per heavy atom. The van der Waals surface area contributed by atoms with Crippen LogP contribution in [0.15, 0.2) is 28.7 Å². The molecule has 1 aliphatic rings. The second kappa shape index (κ2) is 6.07. The number of Topliss-reactive ketones (excluding diaryl/α,β-unsaturated/α-hetero) is 1. The van der Waals surface area contributed by atoms with Gasteiger partial charge in [0.25, 0.3) is 0 Å². The molecule has 0 unspecified atom stereocenters. The van der Waals surface area contributed by atoms with Crippen LogP contribution in [-0.4, -0.2) is 24.3 Å². The zero-order valence-electron chi connectivity index (χ0n) is 13.5. The second-order valence-electron chi connectivity index (χ2n) is 6.23. The average Bonchev–Trinajstić information content (AvgIpc) is 2.50. The standard InChI is InChI=1S/C17H19BrO5/c1-5-22-14(20)17(4)13(19)16(2,3)12(23-15(17)21)10-6-8-11(18)9-7-10/h6-9,12H,5H2,1-4H3/t12-,17+/m1/s1. The molecule has 23 heavy (non-hydrogen) atoms. The van der Waals surface area contributed by atoms with Gasteiger partial charge in [-0.25, -0.2) is 0 Å². The normalized spacial score (nSPS) is 26.6. The molecule has 0 N–H and O–H groups in total. The molecule has 1 aliphatic heterocycles. The topological polar surface area (TPSA) is 69.7 Å². The van der Waals surface area contributed by atoms with Crippen LogP contribution in [0.2, 0.25) is 0 Å². The van der Waals surface area contributed by atoms with E-state index in [1.807, 2.05) is 12.1 Å². The summed E-state index contributed by atoms with van der Waals surface area (Å²) in [7, 11) is 0. The van der Waals surface area contributed by atoms with Gasteiger partial charge in [-0.15, -0.1) is 0 Å². The lowest BCUT2D eigenvalue weighted by atomic mass is 9.66. The van der Waals surface area contributed by atoms with E-state index in [1.165, 1.54) is 6.92 Å². The molecule has 0 aliphatic carbocycles. The number of ketones is 1. The number of hydrogen-bond donors (Lipinski definition) is 0. The van der Waals surface area contributed by atoms with Gasteiger partial charge in [0.2, 0.25) is 5.41 Å². The van der Waals surface area contributed by atoms with E-state index in [0.717, 1.165) is 4.47 Å². The number of ether oxygens (including phenoxy) is 2. The summed E-state index contributed by atoms with van der Waals surface area (Å²) in [6.07, 6.45) is -0.752. The van der Waals surface area contributed by atoms with Crippen molar-refractivity contribution in [3.05, 3.63) is 34.3 Å². The van der Waals surface area contributed by atoms with Crippen LogP contribution in [0.5, 0.6) is 0 Å². The van der Waals surface area contributed by atoms with E-state index in [0.29, 0.717) is 5.56 Å². The third kappa shape index (κ3) is 2.80. The highest BCUT2D eigenvalue weighted by Crippen LogP contribution is 2.48. The molecular formula is C17H19BrO5. The zero-order valence-corrected chi connectivity index (χ0v) is 15.1. The minimum absolute atomic E-state index is 0.0888. The molecule has 0 amide bonds. The van der Waals surface area contributed by atoms with Crippen molar-refractivity contribution in [2.45, 2.75) is 33.8 Å². The molecule has 0 radical (unpaired) electrons. The smallest absolute Gasteiger partial charge is 0.331 e. The fourth-order valence-electron chi connectivity index (χ4n) is 2.80. The third-order valence-electron chi connectivity index (χ3n) is 4.18. The van der Waals surface area contributed by atoms with E-state index in [1.54, 1.807) is 32.9 Å². The van der Waals surface area contributed by atoms with Crippen LogP contribution in [0.4, 0.5) is 0 Å². The summed E-state index contributed by atoms with van der Waals surface area (Å²) in [6.45, 7) is 6.33. The van der Waals surface area contributed by atoms with E-state index >= 15 is 0 Å². The largest absolute Gasteiger partial charge is 0.465 e. The van der Waals surface area contributed by atoms with E-state index in [-0.39, 0.29) is 6.61 Å². The van der Waals surface area contributed by atoms with Crippen molar-refractivity contribution >= 4 is 33.7 Å². The van der Waals surface area contributed by atoms with Gasteiger partial charge < -0.3 is 9.47 Å². The Hall–Kier alpha value is -1.69. The molecule has 0 bridgehead atoms. The Kier molecular flexibility index (Phi) is 4.66. The van der Waals surface area contributed by atoms with Crippen molar-refractivity contribution in [2.24, 2.45) is 10.8 Å². The van der Waals surface area contributed by atoms with Gasteiger partial charge in [0.1, 0.15) is 6.10 Å². The molecule has 5 nitrogen and oxygen atoms in total. The number of cyclic esters (lactones) is 1. The van der Waals surface area contributed by atoms with Gasteiger partial charge in [-0.05, 0) is 45.4 Å². The lowest BCUT2D eigenvalue weighted by Crippen LogP contribution is -2.57. The maximum absolute atomic E-state index is 12.9. The van der Waals surface area contributed by atoms with Gasteiger partial charge >= 0.3 is 11.9 Å². The van der Waals surface area contributed by atoms with Crippen molar-refractivity contribution in [2.75, 3.05) is 6.61 Å². The molecule has 1 saturated heterocycles. The quantitative estimate of drug-likeness (QED) is 0.592. The van der Waals surface area contributed by atoms with E-state index < -0.39 is 34.7 Å². The fourth-order valence-corrected chi connectivity index (χ4v) is 3.07. The van der Waals surface area contributed by atoms with Gasteiger partial charge in [0, 0.05) is 4.47 Å². The number of hydrogen-bond acceptors (Lipinski definition) is 5. The summed E-state index contributed by atoms with van der Waals surface area (Å²) in [5, 5.41) is 0. The molecule has 0 saturated carbocycles. The van der Waals surface area contributed by atoms with Gasteiger partial charge in [-0.1, -0.05) is 28.1 Å². The van der Waals surface area contributed by atoms with Crippen molar-refractivity contribution in [1.82, 2.24) is 0 Å². The molecule has 1 aromatic rings. The minimum Gasteiger partial charge on any atom is -0.465 e. The predicted molar refractivity (Wildman–Crippen MR) is 86.5 cm³/mol. The summed E-state index contributed by atoms with van der Waals surface area (Å²) >= 11 is 3.34. The third-order valence-corrected chi connectivity index (χ3v) is 4.71. The lowest BCUT2D eigenvalue weighted by Gasteiger charge is -2.43. The number of rotatable bonds is 3. The van der Waals surface area contributed by atoms with Crippen LogP contribution in [-0.2, 0) is 23.9 Å². The SMILES string of the molecule is CCOC(=O)[C@@]1(C)C(=O)O[C@H](c2ccc(Br)cc2)C(C)(C)C1=O. The van der Waals surface area contributed by atoms with E-state index in [4.69, 9.17) is 9.47 Å². The first kappa shape index (κ1) is 17.7. The van der Waals surface area contributed by atoms with Crippen LogP contribution in [0.1, 0.15) is 39.4 Å². The van der Waals surface area contributed by atoms with E-state index in [9.17, 15) is 14.4 Å². The molecule has 0 aromatic heterocycles. The Morgan fingerprint density at radius 2 is 1.78 bits per heavy atom. The average molecular weight is 383 g/mol. The Balaban J connectivity index is 2.44. The van der Waals surface area contributed by atoms with Crippen LogP contribution in [0.3, 0.4) is 0 Å². The van der Waals surface area contributed by atoms with E-state index in [2.05, 4.69) is 15.9 Å². The Labute approximate surface area is 143 Å². The highest BCUT2D eigenvalue weighted by atomic mass is 79.9. The van der Waals surface area contributed by atoms with Gasteiger partial charge in [0.05, 0.1) is 12.0 Å². The molecule has 0 spiro atoms. The van der Waals surface area contributed by atoms with Crippen molar-refractivity contribution in [1.29, 1.82) is 0 Å². The molecule has 1 heterocycles. The summed E-state index contributed by atoms with van der Waals surface area (Å²) < 4.78 is 11.3. The first-order chi connectivity index (χ1) is 10.7. The van der Waals surface area contributed by atoms with Crippen molar-refractivity contribution < 1.29 is 23.9 Å². The lowest BCUT2D eigenvalue weighted by molar-refractivity contribution is -0.195. The molecule has 1 aromatic carbocycles. The predicted octanol–water partition coefficient (Wildman–Crippen LogP) is 3.21. The molecule has 124 valence electrons. The second-order valence-corrected chi connectivity index (χ2v) is 7.15. The maximum Gasteiger partial charge on any atom is 0.331 e. The number of carbonyl (C=O) groups excluding carboxylic acids is 3. The highest BCUT2D eigenvalue weighted by molar-refractivity contribution is 9.10. The molecule has 6 heteroatoms. The first-order valence-corrected chi connectivity index (χ1v) is 8.13. The Bertz CT molecular complexity index is 649. The minimum atomic E-state index is -1.93. The van der Waals surface area contributed by atoms with Crippen molar-refractivity contribution in [3.63, 3.8) is 0 Å². The van der Waals surface area contributed by atoms with Crippen LogP contribution in [0, 0.1) is 10.8 Å². The number of halogens is 1. The summed E-state index contributed by atoms with van der Waals surface area (Å²) in [6, 6.07) is 7.18. The van der Waals surface area contributed by atoms with Gasteiger partial charge in [-0.3, -0.25) is 14.4 Å². The van der Waals surface area contributed by atoms with Crippen LogP contribution >= 0.6 is 15.9 Å².